The average molecular weight is 236 g/mol. The third-order valence-corrected chi connectivity index (χ3v) is 3.49. The molecule has 3 nitrogen and oxygen atoms in total. The van der Waals surface area contributed by atoms with Crippen LogP contribution in [0.1, 0.15) is 12.8 Å². The second-order valence-electron chi connectivity index (χ2n) is 4.68. The van der Waals surface area contributed by atoms with Crippen molar-refractivity contribution in [3.63, 3.8) is 0 Å². The Morgan fingerprint density at radius 1 is 1.25 bits per heavy atom. The van der Waals surface area contributed by atoms with Crippen molar-refractivity contribution in [1.82, 2.24) is 10.6 Å². The first-order valence-corrected chi connectivity index (χ1v) is 5.51. The molecule has 1 heterocycles. The van der Waals surface area contributed by atoms with Gasteiger partial charge < -0.3 is 10.6 Å². The van der Waals surface area contributed by atoms with E-state index in [4.69, 9.17) is 0 Å². The van der Waals surface area contributed by atoms with Crippen LogP contribution in [0.25, 0.3) is 0 Å². The largest absolute Gasteiger partial charge is 0.405 e. The van der Waals surface area contributed by atoms with E-state index in [-0.39, 0.29) is 5.92 Å². The molecular weight excluding hydrogens is 221 g/mol. The van der Waals surface area contributed by atoms with Gasteiger partial charge in [-0.2, -0.15) is 13.2 Å². The lowest BCUT2D eigenvalue weighted by atomic mass is 10.0. The average Bonchev–Trinajstić information content (AvgIpc) is 2.71. The Morgan fingerprint density at radius 2 is 1.81 bits per heavy atom. The maximum Gasteiger partial charge on any atom is 0.405 e. The highest BCUT2D eigenvalue weighted by atomic mass is 19.4. The van der Waals surface area contributed by atoms with E-state index >= 15 is 0 Å². The van der Waals surface area contributed by atoms with Crippen LogP contribution in [-0.2, 0) is 4.79 Å². The first-order valence-electron chi connectivity index (χ1n) is 5.51. The van der Waals surface area contributed by atoms with E-state index in [0.717, 1.165) is 25.9 Å². The van der Waals surface area contributed by atoms with Crippen molar-refractivity contribution < 1.29 is 18.0 Å². The minimum atomic E-state index is -4.31. The smallest absolute Gasteiger partial charge is 0.347 e. The molecule has 92 valence electrons. The second kappa shape index (κ2) is 4.24. The summed E-state index contributed by atoms with van der Waals surface area (Å²) in [4.78, 5) is 11.5. The van der Waals surface area contributed by atoms with Crippen LogP contribution in [0.5, 0.6) is 0 Å². The van der Waals surface area contributed by atoms with Crippen LogP contribution in [0, 0.1) is 17.8 Å². The molecule has 6 heteroatoms. The molecule has 2 N–H and O–H groups in total. The van der Waals surface area contributed by atoms with Gasteiger partial charge in [0.2, 0.25) is 5.91 Å². The lowest BCUT2D eigenvalue weighted by Crippen LogP contribution is -2.37. The Labute approximate surface area is 91.8 Å². The Balaban J connectivity index is 1.79. The summed E-state index contributed by atoms with van der Waals surface area (Å²) in [6.07, 6.45) is -2.87. The fourth-order valence-corrected chi connectivity index (χ4v) is 2.71. The zero-order valence-electron chi connectivity index (χ0n) is 8.81. The monoisotopic (exact) mass is 236 g/mol. The topological polar surface area (TPSA) is 41.1 Å². The third-order valence-electron chi connectivity index (χ3n) is 3.49. The van der Waals surface area contributed by atoms with E-state index in [1.807, 2.05) is 5.32 Å². The number of carbonyl (C=O) groups is 1. The molecule has 0 aromatic carbocycles. The quantitative estimate of drug-likeness (QED) is 0.748. The predicted molar refractivity (Wildman–Crippen MR) is 51.6 cm³/mol. The van der Waals surface area contributed by atoms with Crippen molar-refractivity contribution in [3.8, 4) is 0 Å². The zero-order chi connectivity index (χ0) is 11.8. The summed E-state index contributed by atoms with van der Waals surface area (Å²) in [5.74, 6) is 0.287. The van der Waals surface area contributed by atoms with E-state index in [2.05, 4.69) is 5.32 Å². The van der Waals surface area contributed by atoms with Gasteiger partial charge in [-0.15, -0.1) is 0 Å². The number of rotatable bonds is 2. The molecule has 2 atom stereocenters. The molecule has 1 saturated heterocycles. The van der Waals surface area contributed by atoms with E-state index < -0.39 is 18.6 Å². The van der Waals surface area contributed by atoms with Gasteiger partial charge in [-0.1, -0.05) is 0 Å². The number of hydrogen-bond acceptors (Lipinski definition) is 2. The SMILES string of the molecule is O=C(NCC(F)(F)F)C1CC2CNCC2C1. The summed E-state index contributed by atoms with van der Waals surface area (Å²) in [6.45, 7) is 0.581. The van der Waals surface area contributed by atoms with Crippen LogP contribution in [0.4, 0.5) is 13.2 Å². The van der Waals surface area contributed by atoms with Crippen LogP contribution in [0.3, 0.4) is 0 Å². The van der Waals surface area contributed by atoms with Crippen molar-refractivity contribution in [2.75, 3.05) is 19.6 Å². The van der Waals surface area contributed by atoms with Gasteiger partial charge in [-0.3, -0.25) is 4.79 Å². The lowest BCUT2D eigenvalue weighted by Gasteiger charge is -2.13. The van der Waals surface area contributed by atoms with Crippen molar-refractivity contribution in [2.24, 2.45) is 17.8 Å². The van der Waals surface area contributed by atoms with Crippen molar-refractivity contribution in [1.29, 1.82) is 0 Å². The standard InChI is InChI=1S/C10H15F3N2O/c11-10(12,13)5-15-9(16)6-1-7-3-14-4-8(7)2-6/h6-8,14H,1-5H2,(H,15,16). The first-order chi connectivity index (χ1) is 7.46. The molecule has 0 spiro atoms. The fourth-order valence-electron chi connectivity index (χ4n) is 2.71. The van der Waals surface area contributed by atoms with Crippen LogP contribution < -0.4 is 10.6 Å². The zero-order valence-corrected chi connectivity index (χ0v) is 8.81. The number of amides is 1. The molecule has 1 aliphatic heterocycles. The summed E-state index contributed by atoms with van der Waals surface area (Å²) >= 11 is 0. The number of alkyl halides is 3. The molecule has 0 radical (unpaired) electrons. The van der Waals surface area contributed by atoms with Gasteiger partial charge in [0.15, 0.2) is 0 Å². The highest BCUT2D eigenvalue weighted by Crippen LogP contribution is 2.38. The summed E-state index contributed by atoms with van der Waals surface area (Å²) in [7, 11) is 0. The van der Waals surface area contributed by atoms with Crippen molar-refractivity contribution in [2.45, 2.75) is 19.0 Å². The summed E-state index contributed by atoms with van der Waals surface area (Å²) in [6, 6.07) is 0. The lowest BCUT2D eigenvalue weighted by molar-refractivity contribution is -0.140. The number of hydrogen-bond donors (Lipinski definition) is 2. The Hall–Kier alpha value is -0.780. The number of nitrogens with one attached hydrogen (secondary N) is 2. The molecule has 1 saturated carbocycles. The molecule has 1 aliphatic carbocycles. The van der Waals surface area contributed by atoms with E-state index in [1.165, 1.54) is 0 Å². The van der Waals surface area contributed by atoms with Gasteiger partial charge in [-0.05, 0) is 37.8 Å². The number of halogens is 3. The van der Waals surface area contributed by atoms with Crippen LogP contribution in [0.15, 0.2) is 0 Å². The number of carbonyl (C=O) groups excluding carboxylic acids is 1. The fraction of sp³-hybridized carbons (Fsp3) is 0.900. The maximum atomic E-state index is 11.9. The Kier molecular flexibility index (Phi) is 3.10. The third kappa shape index (κ3) is 2.66. The molecule has 2 fully saturated rings. The van der Waals surface area contributed by atoms with E-state index in [9.17, 15) is 18.0 Å². The first kappa shape index (κ1) is 11.7. The highest BCUT2D eigenvalue weighted by molar-refractivity contribution is 5.79. The molecule has 2 unspecified atom stereocenters. The minimum absolute atomic E-state index is 0.223. The Bertz CT molecular complexity index is 268. The van der Waals surface area contributed by atoms with Crippen LogP contribution >= 0.6 is 0 Å². The van der Waals surface area contributed by atoms with Gasteiger partial charge in [0.1, 0.15) is 6.54 Å². The van der Waals surface area contributed by atoms with Gasteiger partial charge in [0.25, 0.3) is 0 Å². The van der Waals surface area contributed by atoms with Gasteiger partial charge in [0.05, 0.1) is 0 Å². The number of fused-ring (bicyclic) bond motifs is 1. The van der Waals surface area contributed by atoms with Crippen molar-refractivity contribution in [3.05, 3.63) is 0 Å². The molecule has 0 aromatic rings. The molecule has 0 bridgehead atoms. The predicted octanol–water partition coefficient (Wildman–Crippen LogP) is 0.910. The Morgan fingerprint density at radius 3 is 2.31 bits per heavy atom. The minimum Gasteiger partial charge on any atom is -0.347 e. The highest BCUT2D eigenvalue weighted by Gasteiger charge is 2.40. The molecule has 0 aromatic heterocycles. The van der Waals surface area contributed by atoms with Gasteiger partial charge in [0, 0.05) is 5.92 Å². The van der Waals surface area contributed by atoms with E-state index in [1.54, 1.807) is 0 Å². The molecular formula is C10H15F3N2O. The molecule has 2 aliphatic rings. The van der Waals surface area contributed by atoms with Gasteiger partial charge >= 0.3 is 6.18 Å². The maximum absolute atomic E-state index is 11.9. The van der Waals surface area contributed by atoms with Crippen LogP contribution in [-0.4, -0.2) is 31.7 Å². The van der Waals surface area contributed by atoms with Crippen LogP contribution in [0.2, 0.25) is 0 Å². The second-order valence-corrected chi connectivity index (χ2v) is 4.68. The molecule has 2 rings (SSSR count). The van der Waals surface area contributed by atoms with E-state index in [0.29, 0.717) is 11.8 Å². The van der Waals surface area contributed by atoms with Crippen molar-refractivity contribution >= 4 is 5.91 Å². The summed E-state index contributed by atoms with van der Waals surface area (Å²) < 4.78 is 35.7. The van der Waals surface area contributed by atoms with Gasteiger partial charge in [-0.25, -0.2) is 0 Å². The normalized spacial score (nSPS) is 33.8. The molecule has 1 amide bonds. The molecule has 16 heavy (non-hydrogen) atoms. The summed E-state index contributed by atoms with van der Waals surface area (Å²) in [5, 5.41) is 5.20. The summed E-state index contributed by atoms with van der Waals surface area (Å²) in [5.41, 5.74) is 0.